The van der Waals surface area contributed by atoms with Gasteiger partial charge in [0.1, 0.15) is 0 Å². The van der Waals surface area contributed by atoms with Crippen molar-refractivity contribution in [3.8, 4) is 0 Å². The van der Waals surface area contributed by atoms with Gasteiger partial charge in [-0.1, -0.05) is 26.7 Å². The van der Waals surface area contributed by atoms with Gasteiger partial charge in [-0.05, 0) is 36.6 Å². The molecule has 0 heterocycles. The van der Waals surface area contributed by atoms with Crippen LogP contribution in [-0.4, -0.2) is 20.5 Å². The number of anilines is 1. The maximum atomic E-state index is 12.4. The number of benzene rings is 1. The van der Waals surface area contributed by atoms with Gasteiger partial charge in [-0.15, -0.1) is 0 Å². The van der Waals surface area contributed by atoms with Gasteiger partial charge < -0.3 is 5.32 Å². The Morgan fingerprint density at radius 3 is 2.14 bits per heavy atom. The van der Waals surface area contributed by atoms with Crippen LogP contribution in [0.4, 0.5) is 18.9 Å². The zero-order chi connectivity index (χ0) is 16.1. The predicted octanol–water partition coefficient (Wildman–Crippen LogP) is 4.22. The number of unbranched alkanes of at least 4 members (excludes halogenated alkanes) is 1. The molecule has 0 aliphatic heterocycles. The topological polar surface area (TPSA) is 46.2 Å². The normalized spacial score (nSPS) is 12.7. The zero-order valence-electron chi connectivity index (χ0n) is 12.1. The molecule has 0 aromatic heterocycles. The van der Waals surface area contributed by atoms with Crippen LogP contribution < -0.4 is 5.32 Å². The maximum absolute atomic E-state index is 12.4. The van der Waals surface area contributed by atoms with Crippen LogP contribution in [0.1, 0.15) is 33.1 Å². The van der Waals surface area contributed by atoms with Crippen molar-refractivity contribution in [2.75, 3.05) is 11.9 Å². The van der Waals surface area contributed by atoms with Crippen LogP contribution in [0.2, 0.25) is 0 Å². The third-order valence-corrected chi connectivity index (χ3v) is 4.51. The SMILES string of the molecule is CC(C)CCCCNc1ccc(S(=O)(=O)C(F)(F)F)cc1. The summed E-state index contributed by atoms with van der Waals surface area (Å²) in [5.74, 6) is 0.650. The lowest BCUT2D eigenvalue weighted by Gasteiger charge is -2.10. The van der Waals surface area contributed by atoms with Crippen molar-refractivity contribution >= 4 is 15.5 Å². The molecule has 1 N–H and O–H groups in total. The third-order valence-electron chi connectivity index (χ3n) is 3.01. The Labute approximate surface area is 123 Å². The Balaban J connectivity index is 2.56. The number of rotatable bonds is 7. The second-order valence-corrected chi connectivity index (χ2v) is 7.23. The summed E-state index contributed by atoms with van der Waals surface area (Å²) in [4.78, 5) is -0.736. The van der Waals surface area contributed by atoms with E-state index in [-0.39, 0.29) is 0 Å². The van der Waals surface area contributed by atoms with Crippen LogP contribution in [0.3, 0.4) is 0 Å². The molecule has 0 unspecified atom stereocenters. The molecule has 0 atom stereocenters. The van der Waals surface area contributed by atoms with Gasteiger partial charge in [0.15, 0.2) is 0 Å². The first-order valence-corrected chi connectivity index (χ1v) is 8.28. The Morgan fingerprint density at radius 2 is 1.67 bits per heavy atom. The van der Waals surface area contributed by atoms with E-state index in [4.69, 9.17) is 0 Å². The van der Waals surface area contributed by atoms with E-state index in [0.29, 0.717) is 18.2 Å². The Morgan fingerprint density at radius 1 is 1.10 bits per heavy atom. The van der Waals surface area contributed by atoms with Crippen molar-refractivity contribution < 1.29 is 21.6 Å². The second-order valence-electron chi connectivity index (χ2n) is 5.29. The molecule has 1 aromatic rings. The number of hydrogen-bond acceptors (Lipinski definition) is 3. The first-order chi connectivity index (χ1) is 9.64. The van der Waals surface area contributed by atoms with Crippen molar-refractivity contribution in [2.45, 2.75) is 43.5 Å². The quantitative estimate of drug-likeness (QED) is 0.764. The largest absolute Gasteiger partial charge is 0.501 e. The molecule has 0 amide bonds. The molecule has 0 fully saturated rings. The molecule has 120 valence electrons. The van der Waals surface area contributed by atoms with E-state index in [2.05, 4.69) is 19.2 Å². The molecule has 3 nitrogen and oxygen atoms in total. The molecule has 7 heteroatoms. The van der Waals surface area contributed by atoms with Crippen molar-refractivity contribution in [2.24, 2.45) is 5.92 Å². The average Bonchev–Trinajstić information content (AvgIpc) is 2.37. The Kier molecular flexibility index (Phi) is 6.07. The van der Waals surface area contributed by atoms with Crippen molar-refractivity contribution in [1.29, 1.82) is 0 Å². The zero-order valence-corrected chi connectivity index (χ0v) is 12.9. The first kappa shape index (κ1) is 17.8. The summed E-state index contributed by atoms with van der Waals surface area (Å²) in [6.07, 6.45) is 3.16. The lowest BCUT2D eigenvalue weighted by Crippen LogP contribution is -2.23. The fourth-order valence-electron chi connectivity index (χ4n) is 1.80. The van der Waals surface area contributed by atoms with Crippen molar-refractivity contribution in [1.82, 2.24) is 0 Å². The highest BCUT2D eigenvalue weighted by atomic mass is 32.2. The van der Waals surface area contributed by atoms with E-state index in [9.17, 15) is 21.6 Å². The van der Waals surface area contributed by atoms with Crippen LogP contribution in [-0.2, 0) is 9.84 Å². The Bertz CT molecular complexity index is 536. The minimum atomic E-state index is -5.27. The van der Waals surface area contributed by atoms with Gasteiger partial charge in [0.05, 0.1) is 4.90 Å². The molecular formula is C14H20F3NO2S. The third kappa shape index (κ3) is 5.22. The van der Waals surface area contributed by atoms with Crippen molar-refractivity contribution in [3.63, 3.8) is 0 Å². The molecule has 0 aliphatic carbocycles. The van der Waals surface area contributed by atoms with Crippen LogP contribution in [0.15, 0.2) is 29.2 Å². The minimum absolute atomic E-state index is 0.612. The molecular weight excluding hydrogens is 303 g/mol. The molecule has 0 radical (unpaired) electrons. The number of sulfone groups is 1. The van der Waals surface area contributed by atoms with E-state index >= 15 is 0 Å². The van der Waals surface area contributed by atoms with E-state index in [1.165, 1.54) is 12.1 Å². The summed E-state index contributed by atoms with van der Waals surface area (Å²) in [5.41, 5.74) is -4.65. The number of halogens is 3. The molecule has 0 aliphatic rings. The highest BCUT2D eigenvalue weighted by Gasteiger charge is 2.46. The Hall–Kier alpha value is -1.24. The molecule has 1 rings (SSSR count). The second kappa shape index (κ2) is 7.15. The number of nitrogens with one attached hydrogen (secondary N) is 1. The molecule has 21 heavy (non-hydrogen) atoms. The van der Waals surface area contributed by atoms with E-state index in [1.807, 2.05) is 0 Å². The molecule has 1 aromatic carbocycles. The fraction of sp³-hybridized carbons (Fsp3) is 0.571. The summed E-state index contributed by atoms with van der Waals surface area (Å²) in [7, 11) is -5.26. The average molecular weight is 323 g/mol. The lowest BCUT2D eigenvalue weighted by molar-refractivity contribution is -0.0436. The molecule has 0 saturated heterocycles. The van der Waals surface area contributed by atoms with Crippen LogP contribution in [0.5, 0.6) is 0 Å². The predicted molar refractivity (Wildman–Crippen MR) is 76.9 cm³/mol. The summed E-state index contributed by atoms with van der Waals surface area (Å²) in [6.45, 7) is 5.00. The standard InChI is InChI=1S/C14H20F3NO2S/c1-11(2)5-3-4-10-18-12-6-8-13(9-7-12)21(19,20)14(15,16)17/h6-9,11,18H,3-5,10H2,1-2H3. The van der Waals surface area contributed by atoms with E-state index in [1.54, 1.807) is 0 Å². The summed E-state index contributed by atoms with van der Waals surface area (Å²) in [5, 5.41) is 3.06. The summed E-state index contributed by atoms with van der Waals surface area (Å²) < 4.78 is 59.5. The minimum Gasteiger partial charge on any atom is -0.385 e. The van der Waals surface area contributed by atoms with Crippen LogP contribution in [0, 0.1) is 5.92 Å². The van der Waals surface area contributed by atoms with E-state index in [0.717, 1.165) is 31.4 Å². The highest BCUT2D eigenvalue weighted by Crippen LogP contribution is 2.30. The molecule has 0 spiro atoms. The molecule has 0 saturated carbocycles. The maximum Gasteiger partial charge on any atom is 0.501 e. The van der Waals surface area contributed by atoms with Crippen molar-refractivity contribution in [3.05, 3.63) is 24.3 Å². The van der Waals surface area contributed by atoms with Gasteiger partial charge in [-0.25, -0.2) is 8.42 Å². The summed E-state index contributed by atoms with van der Waals surface area (Å²) >= 11 is 0. The van der Waals surface area contributed by atoms with Gasteiger partial charge in [0, 0.05) is 12.2 Å². The van der Waals surface area contributed by atoms with Gasteiger partial charge in [0.25, 0.3) is 9.84 Å². The van der Waals surface area contributed by atoms with Gasteiger partial charge in [-0.2, -0.15) is 13.2 Å². The van der Waals surface area contributed by atoms with Crippen LogP contribution in [0.25, 0.3) is 0 Å². The lowest BCUT2D eigenvalue weighted by atomic mass is 10.1. The fourth-order valence-corrected chi connectivity index (χ4v) is 2.56. The molecule has 0 bridgehead atoms. The number of alkyl halides is 3. The number of hydrogen-bond donors (Lipinski definition) is 1. The summed E-state index contributed by atoms with van der Waals surface area (Å²) in [6, 6.07) is 4.64. The van der Waals surface area contributed by atoms with E-state index < -0.39 is 20.2 Å². The van der Waals surface area contributed by atoms with Gasteiger partial charge in [0.2, 0.25) is 0 Å². The van der Waals surface area contributed by atoms with Crippen LogP contribution >= 0.6 is 0 Å². The van der Waals surface area contributed by atoms with Gasteiger partial charge >= 0.3 is 5.51 Å². The van der Waals surface area contributed by atoms with Gasteiger partial charge in [-0.3, -0.25) is 0 Å². The highest BCUT2D eigenvalue weighted by molar-refractivity contribution is 7.92. The monoisotopic (exact) mass is 323 g/mol. The first-order valence-electron chi connectivity index (χ1n) is 6.80. The smallest absolute Gasteiger partial charge is 0.385 e.